The average Bonchev–Trinajstić information content (AvgIpc) is 3.08. The van der Waals surface area contributed by atoms with Crippen molar-refractivity contribution in [2.75, 3.05) is 5.88 Å². The first-order valence-corrected chi connectivity index (χ1v) is 17.4. The number of alkyl halides is 1. The summed E-state index contributed by atoms with van der Waals surface area (Å²) < 4.78 is 6.91. The molecule has 0 aliphatic heterocycles. The fourth-order valence-corrected chi connectivity index (χ4v) is 10.1. The molecule has 0 aromatic carbocycles. The molecular weight excluding hydrogens is 440 g/mol. The molecule has 1 nitrogen and oxygen atoms in total. The van der Waals surface area contributed by atoms with E-state index in [9.17, 15) is 0 Å². The van der Waals surface area contributed by atoms with E-state index in [0.29, 0.717) is 33.8 Å². The number of halogens is 1. The van der Waals surface area contributed by atoms with Crippen molar-refractivity contribution in [1.29, 1.82) is 0 Å². The van der Waals surface area contributed by atoms with Gasteiger partial charge in [0.15, 0.2) is 8.32 Å². The molecule has 4 aliphatic rings. The summed E-state index contributed by atoms with van der Waals surface area (Å²) in [6, 6.07) is 0. The van der Waals surface area contributed by atoms with Crippen molar-refractivity contribution in [3.8, 4) is 0 Å². The maximum absolute atomic E-state index is 6.91. The van der Waals surface area contributed by atoms with Crippen molar-refractivity contribution in [1.82, 2.24) is 0 Å². The fourth-order valence-electron chi connectivity index (χ4n) is 8.63. The zero-order valence-corrected chi connectivity index (χ0v) is 24.6. The Morgan fingerprint density at radius 1 is 1.12 bits per heavy atom. The Balaban J connectivity index is 1.51. The highest BCUT2D eigenvalue weighted by Gasteiger charge is 2.59. The first-order chi connectivity index (χ1) is 15.3. The molecule has 0 radical (unpaired) electrons. The Bertz CT molecular complexity index is 779. The third kappa shape index (κ3) is 4.48. The number of fused-ring (bicyclic) bond motifs is 5. The summed E-state index contributed by atoms with van der Waals surface area (Å²) in [5.74, 6) is 4.82. The lowest BCUT2D eigenvalue weighted by molar-refractivity contribution is -0.0532. The summed E-state index contributed by atoms with van der Waals surface area (Å²) in [4.78, 5) is 0. The quantitative estimate of drug-likeness (QED) is 0.212. The highest BCUT2D eigenvalue weighted by atomic mass is 35.5. The van der Waals surface area contributed by atoms with Crippen LogP contribution in [0.1, 0.15) is 92.9 Å². The standard InChI is InChI=1S/C30H51ClOSi/c1-21(10-9-19-31)25-13-14-26-24-12-11-22-20-23(32-33(7,8)28(2,3)4)15-17-29(22,5)27(24)16-18-30(25,26)6/h9-11,21,23-27H,12-20H2,1-8H3/b10-9+/t21-,23+,24+,25-,26?,27+,29+,30-/m1/s1. The van der Waals surface area contributed by atoms with Gasteiger partial charge in [0.25, 0.3) is 0 Å². The van der Waals surface area contributed by atoms with E-state index >= 15 is 0 Å². The summed E-state index contributed by atoms with van der Waals surface area (Å²) in [6.07, 6.45) is 18.5. The summed E-state index contributed by atoms with van der Waals surface area (Å²) in [7, 11) is -1.70. The van der Waals surface area contributed by atoms with Gasteiger partial charge in [0.2, 0.25) is 0 Å². The predicted octanol–water partition coefficient (Wildman–Crippen LogP) is 9.39. The van der Waals surface area contributed by atoms with Crippen molar-refractivity contribution in [2.24, 2.45) is 40.4 Å². The molecule has 0 aromatic rings. The van der Waals surface area contributed by atoms with Crippen molar-refractivity contribution in [2.45, 2.75) is 117 Å². The van der Waals surface area contributed by atoms with Crippen molar-refractivity contribution in [3.63, 3.8) is 0 Å². The monoisotopic (exact) mass is 490 g/mol. The SMILES string of the molecule is C[C@H](/C=C/CCl)[C@H]1CCC2[C@@H]3CC=C4C[C@@H](O[Si](C)(C)C(C)(C)C)CC[C@]4(C)[C@H]3CC[C@@]21C. The summed E-state index contributed by atoms with van der Waals surface area (Å²) in [5.41, 5.74) is 2.69. The van der Waals surface area contributed by atoms with Gasteiger partial charge in [-0.1, -0.05) is 65.3 Å². The normalized spacial score (nSPS) is 42.5. The third-order valence-electron chi connectivity index (χ3n) is 11.6. The van der Waals surface area contributed by atoms with E-state index in [1.54, 1.807) is 5.57 Å². The number of allylic oxidation sites excluding steroid dienone is 3. The predicted molar refractivity (Wildman–Crippen MR) is 146 cm³/mol. The lowest BCUT2D eigenvalue weighted by Gasteiger charge is -2.59. The second-order valence-corrected chi connectivity index (χ2v) is 19.2. The van der Waals surface area contributed by atoms with Gasteiger partial charge < -0.3 is 4.43 Å². The highest BCUT2D eigenvalue weighted by molar-refractivity contribution is 6.74. The molecule has 0 bridgehead atoms. The van der Waals surface area contributed by atoms with Crippen LogP contribution >= 0.6 is 11.6 Å². The van der Waals surface area contributed by atoms with Crippen LogP contribution in [0.3, 0.4) is 0 Å². The van der Waals surface area contributed by atoms with Gasteiger partial charge in [0.1, 0.15) is 0 Å². The van der Waals surface area contributed by atoms with E-state index in [-0.39, 0.29) is 0 Å². The average molecular weight is 491 g/mol. The zero-order valence-electron chi connectivity index (χ0n) is 22.8. The third-order valence-corrected chi connectivity index (χ3v) is 16.3. The van der Waals surface area contributed by atoms with Crippen molar-refractivity contribution >= 4 is 19.9 Å². The van der Waals surface area contributed by atoms with Gasteiger partial charge in [-0.15, -0.1) is 11.6 Å². The Morgan fingerprint density at radius 2 is 1.85 bits per heavy atom. The van der Waals surface area contributed by atoms with Gasteiger partial charge in [0.05, 0.1) is 0 Å². The van der Waals surface area contributed by atoms with Crippen LogP contribution in [-0.2, 0) is 4.43 Å². The number of rotatable bonds is 5. The van der Waals surface area contributed by atoms with Crippen LogP contribution in [-0.4, -0.2) is 20.3 Å². The molecule has 1 unspecified atom stereocenters. The molecule has 0 heterocycles. The molecule has 0 N–H and O–H groups in total. The van der Waals surface area contributed by atoms with E-state index in [4.69, 9.17) is 16.0 Å². The van der Waals surface area contributed by atoms with Crippen LogP contribution in [0.25, 0.3) is 0 Å². The summed E-state index contributed by atoms with van der Waals surface area (Å²) in [5, 5.41) is 0.294. The lowest BCUT2D eigenvalue weighted by Crippen LogP contribution is -2.52. The molecule has 0 spiro atoms. The minimum Gasteiger partial charge on any atom is -0.414 e. The van der Waals surface area contributed by atoms with E-state index in [1.807, 2.05) is 0 Å². The highest BCUT2D eigenvalue weighted by Crippen LogP contribution is 2.67. The molecule has 0 amide bonds. The minimum atomic E-state index is -1.70. The van der Waals surface area contributed by atoms with Gasteiger partial charge in [-0.3, -0.25) is 0 Å². The minimum absolute atomic E-state index is 0.294. The van der Waals surface area contributed by atoms with Crippen molar-refractivity contribution in [3.05, 3.63) is 23.8 Å². The van der Waals surface area contributed by atoms with E-state index < -0.39 is 8.32 Å². The van der Waals surface area contributed by atoms with Crippen LogP contribution in [0.5, 0.6) is 0 Å². The maximum Gasteiger partial charge on any atom is 0.192 e. The summed E-state index contributed by atoms with van der Waals surface area (Å²) in [6.45, 7) is 19.7. The molecule has 0 aromatic heterocycles. The number of hydrogen-bond acceptors (Lipinski definition) is 1. The molecule has 188 valence electrons. The molecule has 3 fully saturated rings. The van der Waals surface area contributed by atoms with E-state index in [1.165, 1.54) is 51.4 Å². The van der Waals surface area contributed by atoms with Gasteiger partial charge in [-0.25, -0.2) is 0 Å². The Hall–Kier alpha value is -0.0531. The van der Waals surface area contributed by atoms with E-state index in [0.717, 1.165) is 23.7 Å². The van der Waals surface area contributed by atoms with Crippen LogP contribution in [0, 0.1) is 40.4 Å². The molecule has 8 atom stereocenters. The largest absolute Gasteiger partial charge is 0.414 e. The second-order valence-electron chi connectivity index (χ2n) is 14.2. The molecule has 4 aliphatic carbocycles. The fraction of sp³-hybridized carbons (Fsp3) is 0.867. The molecule has 0 saturated heterocycles. The van der Waals surface area contributed by atoms with Crippen LogP contribution in [0.15, 0.2) is 23.8 Å². The van der Waals surface area contributed by atoms with E-state index in [2.05, 4.69) is 72.9 Å². The van der Waals surface area contributed by atoms with Gasteiger partial charge in [-0.2, -0.15) is 0 Å². The first kappa shape index (κ1) is 26.0. The Morgan fingerprint density at radius 3 is 2.52 bits per heavy atom. The van der Waals surface area contributed by atoms with Gasteiger partial charge >= 0.3 is 0 Å². The van der Waals surface area contributed by atoms with Gasteiger partial charge in [-0.05, 0) is 110 Å². The zero-order chi connectivity index (χ0) is 24.2. The molecule has 3 saturated carbocycles. The molecular formula is C30H51ClOSi. The maximum atomic E-state index is 6.91. The molecule has 33 heavy (non-hydrogen) atoms. The smallest absolute Gasteiger partial charge is 0.192 e. The van der Waals surface area contributed by atoms with Gasteiger partial charge in [0, 0.05) is 12.0 Å². The first-order valence-electron chi connectivity index (χ1n) is 13.9. The second kappa shape index (κ2) is 9.11. The molecule has 4 rings (SSSR count). The van der Waals surface area contributed by atoms with Crippen LogP contribution < -0.4 is 0 Å². The summed E-state index contributed by atoms with van der Waals surface area (Å²) >= 11 is 5.96. The topological polar surface area (TPSA) is 9.23 Å². The lowest BCUT2D eigenvalue weighted by atomic mass is 9.47. The molecule has 3 heteroatoms. The van der Waals surface area contributed by atoms with Crippen LogP contribution in [0.2, 0.25) is 18.1 Å². The van der Waals surface area contributed by atoms with Crippen LogP contribution in [0.4, 0.5) is 0 Å². The van der Waals surface area contributed by atoms with Crippen molar-refractivity contribution < 1.29 is 4.43 Å². The Kier molecular flexibility index (Phi) is 7.19. The Labute approximate surface area is 211 Å². The number of hydrogen-bond donors (Lipinski definition) is 0.